The van der Waals surface area contributed by atoms with Crippen molar-refractivity contribution in [1.29, 1.82) is 0 Å². The van der Waals surface area contributed by atoms with Crippen LogP contribution in [0.15, 0.2) is 60.7 Å². The Bertz CT molecular complexity index is 1180. The smallest absolute Gasteiger partial charge is 0.408 e. The first-order valence-electron chi connectivity index (χ1n) is 11.0. The van der Waals surface area contributed by atoms with E-state index < -0.39 is 30.0 Å². The number of ether oxygens (including phenoxy) is 1. The Morgan fingerprint density at radius 1 is 0.971 bits per heavy atom. The van der Waals surface area contributed by atoms with Crippen LogP contribution in [0.4, 0.5) is 9.93 Å². The van der Waals surface area contributed by atoms with E-state index in [0.717, 1.165) is 22.5 Å². The largest absolute Gasteiger partial charge is 0.445 e. The lowest BCUT2D eigenvalue weighted by molar-refractivity contribution is -0.128. The van der Waals surface area contributed by atoms with E-state index in [1.54, 1.807) is 0 Å². The summed E-state index contributed by atoms with van der Waals surface area (Å²) in [5, 5.41) is 14.9. The average Bonchev–Trinajstić information content (AvgIpc) is 3.26. The van der Waals surface area contributed by atoms with Crippen LogP contribution < -0.4 is 16.0 Å². The third kappa shape index (κ3) is 8.30. The number of nitrogens with zero attached hydrogens (tertiary/aromatic N) is 1. The summed E-state index contributed by atoms with van der Waals surface area (Å²) >= 11 is 6.10. The molecule has 3 amide bonds. The molecule has 0 bridgehead atoms. The Hall–Kier alpha value is -3.57. The maximum atomic E-state index is 13.2. The molecule has 2 atom stereocenters. The van der Waals surface area contributed by atoms with Crippen molar-refractivity contribution in [3.8, 4) is 0 Å². The number of carbonyl (C=O) groups excluding carboxylic acids is 3. The first kappa shape index (κ1) is 26.0. The normalized spacial score (nSPS) is 12.4. The monoisotopic (exact) mass is 513 g/mol. The lowest BCUT2D eigenvalue weighted by Crippen LogP contribution is -2.55. The first-order chi connectivity index (χ1) is 16.8. The average molecular weight is 514 g/mol. The minimum atomic E-state index is -0.956. The summed E-state index contributed by atoms with van der Waals surface area (Å²) in [5.41, 5.74) is 1.67. The van der Waals surface area contributed by atoms with E-state index in [2.05, 4.69) is 26.1 Å². The van der Waals surface area contributed by atoms with Crippen molar-refractivity contribution in [1.82, 2.24) is 20.8 Å². The van der Waals surface area contributed by atoms with Gasteiger partial charge < -0.3 is 15.4 Å². The lowest BCUT2D eigenvalue weighted by atomic mass is 10.0. The van der Waals surface area contributed by atoms with Crippen LogP contribution in [0.1, 0.15) is 25.0 Å². The third-order valence-corrected chi connectivity index (χ3v) is 6.02. The standard InChI is InChI=1S/C24H27N5O4S2/c1-15(2)19(21(31)27-22-28-29-24(34)35-22)26-20(30)18(13-16-9-5-3-6-10-16)25-23(32)33-14-17-11-7-4-8-12-17/h3-12,15,18-19H,13-14H2,1-2H3,(H,25,32)(H,26,30)(H,29,34)(H,27,28,31). The number of hydrogen-bond acceptors (Lipinski definition) is 7. The molecular formula is C24H27N5O4S2. The summed E-state index contributed by atoms with van der Waals surface area (Å²) in [7, 11) is 0. The number of carbonyl (C=O) groups is 3. The van der Waals surface area contributed by atoms with Gasteiger partial charge in [-0.15, -0.1) is 5.10 Å². The Balaban J connectivity index is 1.69. The predicted molar refractivity (Wildman–Crippen MR) is 136 cm³/mol. The van der Waals surface area contributed by atoms with Crippen LogP contribution in [-0.2, 0) is 27.4 Å². The summed E-state index contributed by atoms with van der Waals surface area (Å²) in [6.45, 7) is 3.69. The second kappa shape index (κ2) is 12.8. The van der Waals surface area contributed by atoms with Gasteiger partial charge in [-0.05, 0) is 29.3 Å². The quantitative estimate of drug-likeness (QED) is 0.306. The number of amides is 3. The van der Waals surface area contributed by atoms with E-state index in [1.807, 2.05) is 74.5 Å². The maximum Gasteiger partial charge on any atom is 0.408 e. The maximum absolute atomic E-state index is 13.2. The number of H-pyrrole nitrogens is 1. The van der Waals surface area contributed by atoms with E-state index >= 15 is 0 Å². The van der Waals surface area contributed by atoms with E-state index in [0.29, 0.717) is 9.09 Å². The number of alkyl carbamates (subject to hydrolysis) is 1. The van der Waals surface area contributed by atoms with Crippen LogP contribution in [-0.4, -0.2) is 40.2 Å². The van der Waals surface area contributed by atoms with Gasteiger partial charge in [0, 0.05) is 6.42 Å². The van der Waals surface area contributed by atoms with Crippen LogP contribution in [0, 0.1) is 9.87 Å². The molecule has 0 saturated heterocycles. The number of aromatic nitrogens is 2. The van der Waals surface area contributed by atoms with Gasteiger partial charge in [0.25, 0.3) is 0 Å². The predicted octanol–water partition coefficient (Wildman–Crippen LogP) is 3.82. The van der Waals surface area contributed by atoms with Gasteiger partial charge in [-0.3, -0.25) is 20.0 Å². The molecule has 0 saturated carbocycles. The Morgan fingerprint density at radius 2 is 1.60 bits per heavy atom. The summed E-state index contributed by atoms with van der Waals surface area (Å²) in [4.78, 5) is 38.6. The lowest BCUT2D eigenvalue weighted by Gasteiger charge is -2.25. The highest BCUT2D eigenvalue weighted by atomic mass is 32.1. The zero-order valence-corrected chi connectivity index (χ0v) is 20.9. The highest BCUT2D eigenvalue weighted by Crippen LogP contribution is 2.13. The minimum absolute atomic E-state index is 0.0685. The van der Waals surface area contributed by atoms with Crippen LogP contribution in [0.5, 0.6) is 0 Å². The van der Waals surface area contributed by atoms with Gasteiger partial charge in [0.05, 0.1) is 0 Å². The molecule has 0 fully saturated rings. The molecule has 0 aliphatic rings. The SMILES string of the molecule is CC(C)C(NC(=O)C(Cc1ccccc1)NC(=O)OCc1ccccc1)C(=O)Nc1n[nH]c(=S)s1. The van der Waals surface area contributed by atoms with E-state index in [-0.39, 0.29) is 18.9 Å². The molecule has 1 heterocycles. The number of anilines is 1. The molecule has 1 aromatic heterocycles. The Morgan fingerprint density at radius 3 is 2.17 bits per heavy atom. The van der Waals surface area contributed by atoms with Crippen molar-refractivity contribution < 1.29 is 19.1 Å². The Kier molecular flexibility index (Phi) is 9.50. The molecule has 0 radical (unpaired) electrons. The highest BCUT2D eigenvalue weighted by Gasteiger charge is 2.29. The van der Waals surface area contributed by atoms with E-state index in [4.69, 9.17) is 17.0 Å². The number of aromatic amines is 1. The van der Waals surface area contributed by atoms with Crippen molar-refractivity contribution in [2.45, 2.75) is 39.0 Å². The molecule has 0 aliphatic carbocycles. The van der Waals surface area contributed by atoms with Crippen molar-refractivity contribution >= 4 is 46.6 Å². The van der Waals surface area contributed by atoms with E-state index in [9.17, 15) is 14.4 Å². The van der Waals surface area contributed by atoms with Gasteiger partial charge in [0.15, 0.2) is 3.95 Å². The fourth-order valence-electron chi connectivity index (χ4n) is 3.22. The topological polar surface area (TPSA) is 125 Å². The molecule has 0 aliphatic heterocycles. The van der Waals surface area contributed by atoms with Gasteiger partial charge in [-0.2, -0.15) is 0 Å². The summed E-state index contributed by atoms with van der Waals surface area (Å²) in [6.07, 6.45) is -0.507. The van der Waals surface area contributed by atoms with Gasteiger partial charge in [0.2, 0.25) is 16.9 Å². The van der Waals surface area contributed by atoms with Gasteiger partial charge >= 0.3 is 6.09 Å². The number of hydrogen-bond donors (Lipinski definition) is 4. The van der Waals surface area contributed by atoms with Crippen molar-refractivity contribution in [2.75, 3.05) is 5.32 Å². The van der Waals surface area contributed by atoms with Crippen LogP contribution >= 0.6 is 23.6 Å². The van der Waals surface area contributed by atoms with Crippen LogP contribution in [0.2, 0.25) is 0 Å². The summed E-state index contributed by atoms with van der Waals surface area (Å²) in [6, 6.07) is 16.7. The summed E-state index contributed by atoms with van der Waals surface area (Å²) < 4.78 is 5.72. The van der Waals surface area contributed by atoms with Crippen molar-refractivity contribution in [3.63, 3.8) is 0 Å². The van der Waals surface area contributed by atoms with Crippen LogP contribution in [0.3, 0.4) is 0 Å². The molecule has 4 N–H and O–H groups in total. The molecule has 3 aromatic rings. The number of nitrogens with one attached hydrogen (secondary N) is 4. The van der Waals surface area contributed by atoms with Crippen molar-refractivity contribution in [3.05, 3.63) is 75.7 Å². The zero-order valence-electron chi connectivity index (χ0n) is 19.3. The van der Waals surface area contributed by atoms with Gasteiger partial charge in [-0.1, -0.05) is 85.8 Å². The van der Waals surface area contributed by atoms with Crippen LogP contribution in [0.25, 0.3) is 0 Å². The number of benzene rings is 2. The molecule has 2 unspecified atom stereocenters. The van der Waals surface area contributed by atoms with Crippen molar-refractivity contribution in [2.24, 2.45) is 5.92 Å². The van der Waals surface area contributed by atoms with Gasteiger partial charge in [-0.25, -0.2) is 4.79 Å². The molecule has 35 heavy (non-hydrogen) atoms. The second-order valence-corrected chi connectivity index (χ2v) is 9.75. The molecule has 9 nitrogen and oxygen atoms in total. The zero-order chi connectivity index (χ0) is 25.2. The molecule has 11 heteroatoms. The molecule has 184 valence electrons. The second-order valence-electron chi connectivity index (χ2n) is 8.09. The minimum Gasteiger partial charge on any atom is -0.445 e. The summed E-state index contributed by atoms with van der Waals surface area (Å²) in [5.74, 6) is -1.17. The Labute approximate surface area is 212 Å². The highest BCUT2D eigenvalue weighted by molar-refractivity contribution is 7.73. The molecule has 2 aromatic carbocycles. The first-order valence-corrected chi connectivity index (χ1v) is 12.2. The fraction of sp³-hybridized carbons (Fsp3) is 0.292. The van der Waals surface area contributed by atoms with E-state index in [1.165, 1.54) is 0 Å². The third-order valence-electron chi connectivity index (χ3n) is 5.02. The molecule has 3 rings (SSSR count). The number of rotatable bonds is 10. The molecular weight excluding hydrogens is 486 g/mol. The molecule has 0 spiro atoms. The fourth-order valence-corrected chi connectivity index (χ4v) is 4.01. The van der Waals surface area contributed by atoms with Gasteiger partial charge in [0.1, 0.15) is 18.7 Å².